The first-order valence-electron chi connectivity index (χ1n) is 7.16. The minimum Gasteiger partial charge on any atom is -0.342 e. The Kier molecular flexibility index (Phi) is 3.99. The number of urea groups is 1. The third-order valence-electron chi connectivity index (χ3n) is 3.56. The fourth-order valence-corrected chi connectivity index (χ4v) is 2.35. The van der Waals surface area contributed by atoms with Crippen molar-refractivity contribution in [1.82, 2.24) is 15.6 Å². The number of rotatable bonds is 4. The maximum absolute atomic E-state index is 12.0. The number of nitrogens with zero attached hydrogens (tertiary/aromatic N) is 1. The molecule has 1 aliphatic heterocycles. The monoisotopic (exact) mass is 323 g/mol. The van der Waals surface area contributed by atoms with E-state index in [1.54, 1.807) is 24.3 Å². The van der Waals surface area contributed by atoms with Crippen molar-refractivity contribution in [3.05, 3.63) is 53.3 Å². The van der Waals surface area contributed by atoms with Crippen molar-refractivity contribution >= 4 is 23.5 Å². The van der Waals surface area contributed by atoms with Crippen molar-refractivity contribution < 1.29 is 14.4 Å². The Morgan fingerprint density at radius 3 is 2.50 bits per heavy atom. The number of carbonyl (C=O) groups excluding carboxylic acids is 3. The van der Waals surface area contributed by atoms with Crippen LogP contribution in [-0.2, 0) is 11.2 Å². The average molecular weight is 323 g/mol. The van der Waals surface area contributed by atoms with E-state index in [0.717, 1.165) is 5.56 Å². The topological polar surface area (TPSA) is 127 Å². The van der Waals surface area contributed by atoms with Gasteiger partial charge in [-0.15, -0.1) is 0 Å². The molecule has 0 aliphatic carbocycles. The molecule has 120 valence electrons. The Hall–Kier alpha value is -3.60. The predicted molar refractivity (Wildman–Crippen MR) is 84.1 cm³/mol. The van der Waals surface area contributed by atoms with Crippen molar-refractivity contribution in [1.29, 1.82) is 5.26 Å². The number of aromatic amines is 1. The highest BCUT2D eigenvalue weighted by molar-refractivity contribution is 6.04. The molecule has 2 aromatic rings. The molecule has 1 aromatic heterocycles. The van der Waals surface area contributed by atoms with Crippen LogP contribution >= 0.6 is 0 Å². The molecular weight excluding hydrogens is 310 g/mol. The minimum atomic E-state index is -0.582. The molecule has 2 heterocycles. The largest absolute Gasteiger partial charge is 0.342 e. The molecule has 0 bridgehead atoms. The first kappa shape index (κ1) is 15.3. The zero-order valence-electron chi connectivity index (χ0n) is 12.4. The van der Waals surface area contributed by atoms with Gasteiger partial charge in [-0.25, -0.2) is 4.79 Å². The van der Waals surface area contributed by atoms with E-state index in [1.165, 1.54) is 12.1 Å². The molecule has 0 spiro atoms. The van der Waals surface area contributed by atoms with Crippen LogP contribution in [0.4, 0.5) is 10.5 Å². The summed E-state index contributed by atoms with van der Waals surface area (Å²) in [6, 6.07) is 10.8. The number of amides is 4. The number of anilines is 1. The zero-order valence-corrected chi connectivity index (χ0v) is 12.4. The highest BCUT2D eigenvalue weighted by Crippen LogP contribution is 2.13. The van der Waals surface area contributed by atoms with Crippen LogP contribution in [0.5, 0.6) is 0 Å². The Bertz CT molecular complexity index is 847. The normalized spacial score (nSPS) is 16.2. The number of imide groups is 1. The Labute approximate surface area is 136 Å². The Balaban J connectivity index is 1.62. The van der Waals surface area contributed by atoms with Gasteiger partial charge < -0.3 is 15.6 Å². The molecule has 1 atom stereocenters. The summed E-state index contributed by atoms with van der Waals surface area (Å²) in [5, 5.41) is 16.1. The van der Waals surface area contributed by atoms with E-state index in [4.69, 9.17) is 5.26 Å². The van der Waals surface area contributed by atoms with Crippen molar-refractivity contribution in [2.45, 2.75) is 12.5 Å². The van der Waals surface area contributed by atoms with Crippen LogP contribution in [-0.4, -0.2) is 28.9 Å². The smallest absolute Gasteiger partial charge is 0.322 e. The summed E-state index contributed by atoms with van der Waals surface area (Å²) in [7, 11) is 0. The van der Waals surface area contributed by atoms with Crippen LogP contribution in [0.1, 0.15) is 21.7 Å². The summed E-state index contributed by atoms with van der Waals surface area (Å²) in [5.41, 5.74) is 2.03. The van der Waals surface area contributed by atoms with Gasteiger partial charge in [-0.1, -0.05) is 12.1 Å². The van der Waals surface area contributed by atoms with E-state index < -0.39 is 12.1 Å². The summed E-state index contributed by atoms with van der Waals surface area (Å²) >= 11 is 0. The molecule has 3 rings (SSSR count). The Morgan fingerprint density at radius 1 is 1.17 bits per heavy atom. The summed E-state index contributed by atoms with van der Waals surface area (Å²) in [5.74, 6) is -0.705. The maximum atomic E-state index is 12.0. The van der Waals surface area contributed by atoms with Gasteiger partial charge in [0, 0.05) is 12.1 Å². The molecule has 1 fully saturated rings. The first-order valence-corrected chi connectivity index (χ1v) is 7.16. The van der Waals surface area contributed by atoms with E-state index in [2.05, 4.69) is 20.9 Å². The maximum Gasteiger partial charge on any atom is 0.322 e. The second-order valence-corrected chi connectivity index (χ2v) is 5.27. The molecular formula is C16H13N5O3. The fourth-order valence-electron chi connectivity index (χ4n) is 2.35. The Morgan fingerprint density at radius 2 is 1.92 bits per heavy atom. The summed E-state index contributed by atoms with van der Waals surface area (Å²) in [6.07, 6.45) is 0.369. The summed E-state index contributed by atoms with van der Waals surface area (Å²) in [6.45, 7) is 0. The molecule has 8 nitrogen and oxygen atoms in total. The van der Waals surface area contributed by atoms with E-state index in [1.807, 2.05) is 6.07 Å². The van der Waals surface area contributed by atoms with Crippen molar-refractivity contribution in [2.24, 2.45) is 0 Å². The van der Waals surface area contributed by atoms with Crippen LogP contribution in [0.15, 0.2) is 36.4 Å². The van der Waals surface area contributed by atoms with E-state index in [0.29, 0.717) is 23.5 Å². The van der Waals surface area contributed by atoms with Gasteiger partial charge in [0.25, 0.3) is 11.8 Å². The second kappa shape index (κ2) is 6.26. The van der Waals surface area contributed by atoms with Crippen LogP contribution < -0.4 is 16.0 Å². The zero-order chi connectivity index (χ0) is 17.1. The van der Waals surface area contributed by atoms with Gasteiger partial charge in [0.15, 0.2) is 0 Å². The number of benzene rings is 1. The lowest BCUT2D eigenvalue weighted by atomic mass is 10.1. The molecule has 24 heavy (non-hydrogen) atoms. The van der Waals surface area contributed by atoms with E-state index in [9.17, 15) is 14.4 Å². The number of H-pyrrole nitrogens is 1. The second-order valence-electron chi connectivity index (χ2n) is 5.27. The molecule has 1 aromatic carbocycles. The van der Waals surface area contributed by atoms with Gasteiger partial charge >= 0.3 is 6.03 Å². The van der Waals surface area contributed by atoms with Crippen LogP contribution in [0.25, 0.3) is 0 Å². The summed E-state index contributed by atoms with van der Waals surface area (Å²) in [4.78, 5) is 37.3. The molecule has 1 unspecified atom stereocenters. The number of nitriles is 1. The highest BCUT2D eigenvalue weighted by Gasteiger charge is 2.29. The van der Waals surface area contributed by atoms with Gasteiger partial charge in [-0.2, -0.15) is 5.26 Å². The minimum absolute atomic E-state index is 0.293. The molecule has 8 heteroatoms. The molecule has 4 amide bonds. The predicted octanol–water partition coefficient (Wildman–Crippen LogP) is 0.889. The fraction of sp³-hybridized carbons (Fsp3) is 0.125. The molecule has 1 aliphatic rings. The van der Waals surface area contributed by atoms with Crippen molar-refractivity contribution in [3.8, 4) is 6.07 Å². The van der Waals surface area contributed by atoms with Crippen LogP contribution in [0, 0.1) is 11.3 Å². The SMILES string of the molecule is N#Cc1ccc(C(=O)Nc2ccc(CC3NC(=O)NC3=O)cc2)[nH]1. The third-order valence-corrected chi connectivity index (χ3v) is 3.56. The number of aromatic nitrogens is 1. The van der Waals surface area contributed by atoms with Crippen LogP contribution in [0.3, 0.4) is 0 Å². The quantitative estimate of drug-likeness (QED) is 0.623. The number of hydrogen-bond donors (Lipinski definition) is 4. The average Bonchev–Trinajstić information content (AvgIpc) is 3.16. The van der Waals surface area contributed by atoms with Gasteiger partial charge in [-0.05, 0) is 29.8 Å². The third kappa shape index (κ3) is 3.25. The number of nitrogens with one attached hydrogen (secondary N) is 4. The van der Waals surface area contributed by atoms with E-state index in [-0.39, 0.29) is 11.8 Å². The van der Waals surface area contributed by atoms with Gasteiger partial charge in [0.05, 0.1) is 0 Å². The lowest BCUT2D eigenvalue weighted by Crippen LogP contribution is -2.31. The number of carbonyl (C=O) groups is 3. The molecule has 4 N–H and O–H groups in total. The number of hydrogen-bond acceptors (Lipinski definition) is 4. The molecule has 0 radical (unpaired) electrons. The molecule has 0 saturated carbocycles. The lowest BCUT2D eigenvalue weighted by Gasteiger charge is -2.08. The van der Waals surface area contributed by atoms with Crippen molar-refractivity contribution in [3.63, 3.8) is 0 Å². The standard InChI is InChI=1S/C16H13N5O3/c17-8-11-5-6-12(18-11)14(22)19-10-3-1-9(2-4-10)7-13-15(23)21-16(24)20-13/h1-6,13,18H,7H2,(H,19,22)(H2,20,21,23,24). The summed E-state index contributed by atoms with van der Waals surface area (Å²) < 4.78 is 0. The van der Waals surface area contributed by atoms with Gasteiger partial charge in [0.1, 0.15) is 23.5 Å². The molecule has 1 saturated heterocycles. The lowest BCUT2D eigenvalue weighted by molar-refractivity contribution is -0.120. The van der Waals surface area contributed by atoms with Gasteiger partial charge in [0.2, 0.25) is 0 Å². The highest BCUT2D eigenvalue weighted by atomic mass is 16.2. The van der Waals surface area contributed by atoms with E-state index >= 15 is 0 Å². The van der Waals surface area contributed by atoms with Crippen LogP contribution in [0.2, 0.25) is 0 Å². The first-order chi connectivity index (χ1) is 11.5. The van der Waals surface area contributed by atoms with Crippen molar-refractivity contribution in [2.75, 3.05) is 5.32 Å². The van der Waals surface area contributed by atoms with Gasteiger partial charge in [-0.3, -0.25) is 14.9 Å².